The molecule has 0 aliphatic rings. The third-order valence-corrected chi connectivity index (χ3v) is 12.6. The van der Waals surface area contributed by atoms with E-state index in [1.165, 1.54) is 83.5 Å². The van der Waals surface area contributed by atoms with Crippen LogP contribution in [-0.4, -0.2) is 66.5 Å². The second-order valence-corrected chi connectivity index (χ2v) is 19.8. The van der Waals surface area contributed by atoms with E-state index in [4.69, 9.17) is 23.3 Å². The van der Waals surface area contributed by atoms with Gasteiger partial charge in [-0.3, -0.25) is 23.4 Å². The molecule has 0 aromatic rings. The summed E-state index contributed by atoms with van der Waals surface area (Å²) >= 11 is 0. The van der Waals surface area contributed by atoms with Crippen molar-refractivity contribution in [1.82, 2.24) is 0 Å². The molecule has 0 saturated heterocycles. The van der Waals surface area contributed by atoms with Crippen LogP contribution in [0, 0.1) is 0 Å². The molecule has 0 saturated carbocycles. The molecule has 0 bridgehead atoms. The van der Waals surface area contributed by atoms with Crippen LogP contribution in [0.1, 0.15) is 252 Å². The summed E-state index contributed by atoms with van der Waals surface area (Å²) in [5, 5.41) is 9.77. The van der Waals surface area contributed by atoms with Crippen molar-refractivity contribution in [1.29, 1.82) is 0 Å². The highest BCUT2D eigenvalue weighted by Crippen LogP contribution is 2.43. The Morgan fingerprint density at radius 2 is 0.735 bits per heavy atom. The molecule has 12 heteroatoms. The molecule has 0 aliphatic carbocycles. The van der Waals surface area contributed by atoms with Gasteiger partial charge < -0.3 is 24.2 Å². The van der Waals surface area contributed by atoms with Crippen molar-refractivity contribution in [3.05, 3.63) is 48.6 Å². The van der Waals surface area contributed by atoms with Crippen molar-refractivity contribution in [2.75, 3.05) is 26.4 Å². The van der Waals surface area contributed by atoms with E-state index in [-0.39, 0.29) is 25.9 Å². The van der Waals surface area contributed by atoms with E-state index in [0.717, 1.165) is 109 Å². The van der Waals surface area contributed by atoms with Crippen LogP contribution in [-0.2, 0) is 42.2 Å². The van der Waals surface area contributed by atoms with Crippen LogP contribution in [0.3, 0.4) is 0 Å². The Labute approximate surface area is 415 Å². The van der Waals surface area contributed by atoms with Crippen molar-refractivity contribution in [2.45, 2.75) is 264 Å². The summed E-state index contributed by atoms with van der Waals surface area (Å²) in [5.41, 5.74) is 0. The largest absolute Gasteiger partial charge is 0.472 e. The number of esters is 3. The Hall–Kier alpha value is -2.56. The normalized spacial score (nSPS) is 13.8. The second kappa shape index (κ2) is 50.8. The summed E-state index contributed by atoms with van der Waals surface area (Å²) in [4.78, 5) is 48.3. The number of aliphatic hydroxyl groups is 1. The first kappa shape index (κ1) is 65.4. The minimum absolute atomic E-state index is 0.161. The van der Waals surface area contributed by atoms with Gasteiger partial charge in [-0.25, -0.2) is 4.57 Å². The number of unbranched alkanes of at least 4 members (excludes halogenated alkanes) is 26. The third kappa shape index (κ3) is 48.5. The lowest BCUT2D eigenvalue weighted by atomic mass is 10.1. The number of allylic oxidation sites excluding steroid dienone is 8. The first-order valence-corrected chi connectivity index (χ1v) is 29.0. The predicted octanol–water partition coefficient (Wildman–Crippen LogP) is 15.8. The number of phosphoric acid groups is 1. The number of carbonyl (C=O) groups is 3. The molecule has 0 heterocycles. The summed E-state index contributed by atoms with van der Waals surface area (Å²) in [7, 11) is -4.74. The summed E-state index contributed by atoms with van der Waals surface area (Å²) < 4.78 is 39.4. The molecule has 0 radical (unpaired) electrons. The zero-order chi connectivity index (χ0) is 49.9. The summed E-state index contributed by atoms with van der Waals surface area (Å²) in [6, 6.07) is 0. The van der Waals surface area contributed by atoms with Crippen LogP contribution in [0.4, 0.5) is 0 Å². The maximum Gasteiger partial charge on any atom is 0.472 e. The van der Waals surface area contributed by atoms with E-state index in [1.807, 2.05) is 0 Å². The number of hydrogen-bond acceptors (Lipinski definition) is 10. The summed E-state index contributed by atoms with van der Waals surface area (Å²) in [6.07, 6.45) is 52.2. The van der Waals surface area contributed by atoms with E-state index in [0.29, 0.717) is 19.3 Å². The van der Waals surface area contributed by atoms with Crippen LogP contribution in [0.5, 0.6) is 0 Å². The Kier molecular flexibility index (Phi) is 48.9. The molecule has 0 spiro atoms. The molecule has 396 valence electrons. The van der Waals surface area contributed by atoms with E-state index in [1.54, 1.807) is 0 Å². The molecule has 0 aromatic carbocycles. The molecular weight excluding hydrogens is 880 g/mol. The fourth-order valence-corrected chi connectivity index (χ4v) is 8.19. The number of carbonyl (C=O) groups excluding carboxylic acids is 3. The first-order valence-electron chi connectivity index (χ1n) is 27.5. The lowest BCUT2D eigenvalue weighted by molar-refractivity contribution is -0.161. The van der Waals surface area contributed by atoms with Crippen molar-refractivity contribution in [2.24, 2.45) is 0 Å². The van der Waals surface area contributed by atoms with Gasteiger partial charge in [0, 0.05) is 19.3 Å². The highest BCUT2D eigenvalue weighted by Gasteiger charge is 2.28. The Balaban J connectivity index is 4.70. The molecule has 68 heavy (non-hydrogen) atoms. The van der Waals surface area contributed by atoms with Gasteiger partial charge in [-0.05, 0) is 89.9 Å². The number of aliphatic hydroxyl groups excluding tert-OH is 1. The Morgan fingerprint density at radius 3 is 1.15 bits per heavy atom. The number of ether oxygens (including phenoxy) is 3. The zero-order valence-electron chi connectivity index (χ0n) is 43.6. The van der Waals surface area contributed by atoms with Gasteiger partial charge in [0.2, 0.25) is 0 Å². The van der Waals surface area contributed by atoms with Crippen molar-refractivity contribution < 1.29 is 52.2 Å². The van der Waals surface area contributed by atoms with Crippen LogP contribution in [0.15, 0.2) is 48.6 Å². The maximum atomic E-state index is 12.9. The van der Waals surface area contributed by atoms with Gasteiger partial charge in [0.25, 0.3) is 0 Å². The average molecular weight is 981 g/mol. The quantitative estimate of drug-likeness (QED) is 0.0197. The molecule has 0 amide bonds. The molecule has 3 atom stereocenters. The van der Waals surface area contributed by atoms with Gasteiger partial charge in [0.15, 0.2) is 6.10 Å². The van der Waals surface area contributed by atoms with E-state index < -0.39 is 57.8 Å². The third-order valence-electron chi connectivity index (χ3n) is 11.7. The Morgan fingerprint density at radius 1 is 0.412 bits per heavy atom. The maximum absolute atomic E-state index is 12.9. The first-order chi connectivity index (χ1) is 33.2. The van der Waals surface area contributed by atoms with E-state index in [2.05, 4.69) is 69.4 Å². The lowest BCUT2D eigenvalue weighted by Gasteiger charge is -2.21. The Bertz CT molecular complexity index is 1330. The fourth-order valence-electron chi connectivity index (χ4n) is 7.41. The van der Waals surface area contributed by atoms with Crippen molar-refractivity contribution in [3.8, 4) is 0 Å². The molecule has 0 aliphatic heterocycles. The highest BCUT2D eigenvalue weighted by atomic mass is 31.2. The van der Waals surface area contributed by atoms with Crippen molar-refractivity contribution in [3.63, 3.8) is 0 Å². The lowest BCUT2D eigenvalue weighted by Crippen LogP contribution is -2.30. The molecular formula is C56H101O11P. The number of hydrogen-bond donors (Lipinski definition) is 2. The van der Waals surface area contributed by atoms with Gasteiger partial charge >= 0.3 is 25.7 Å². The average Bonchev–Trinajstić information content (AvgIpc) is 3.32. The standard InChI is InChI=1S/C56H101O11P/c1-4-7-10-13-16-19-22-23-24-25-26-27-28-29-32-35-38-41-44-47-56(60)67-53(49-63-54(58)45-42-39-36-33-30-20-17-14-11-8-5-2)51-65-68(61,62)64-50-52(48-57)66-55(59)46-43-40-37-34-31-21-18-15-12-9-6-3/h14-19,23-24,52-53,57H,4-13,20-22,25-51H2,1-3H3,(H,61,62)/b17-14-,18-15-,19-16-,24-23-. The monoisotopic (exact) mass is 981 g/mol. The zero-order valence-corrected chi connectivity index (χ0v) is 44.5. The molecule has 0 aromatic heterocycles. The van der Waals surface area contributed by atoms with E-state index >= 15 is 0 Å². The highest BCUT2D eigenvalue weighted by molar-refractivity contribution is 7.47. The van der Waals surface area contributed by atoms with Crippen LogP contribution in [0.2, 0.25) is 0 Å². The van der Waals surface area contributed by atoms with Gasteiger partial charge in [-0.1, -0.05) is 191 Å². The van der Waals surface area contributed by atoms with Gasteiger partial charge in [0.1, 0.15) is 12.7 Å². The molecule has 0 rings (SSSR count). The number of rotatable bonds is 51. The van der Waals surface area contributed by atoms with Gasteiger partial charge in [-0.2, -0.15) is 0 Å². The van der Waals surface area contributed by atoms with Gasteiger partial charge in [0.05, 0.1) is 19.8 Å². The summed E-state index contributed by atoms with van der Waals surface area (Å²) in [6.45, 7) is 4.52. The van der Waals surface area contributed by atoms with Crippen LogP contribution < -0.4 is 0 Å². The smallest absolute Gasteiger partial charge is 0.462 e. The molecule has 2 N–H and O–H groups in total. The minimum atomic E-state index is -4.74. The second-order valence-electron chi connectivity index (χ2n) is 18.4. The fraction of sp³-hybridized carbons (Fsp3) is 0.804. The van der Waals surface area contributed by atoms with Crippen LogP contribution >= 0.6 is 7.82 Å². The van der Waals surface area contributed by atoms with Crippen molar-refractivity contribution >= 4 is 25.7 Å². The predicted molar refractivity (Wildman–Crippen MR) is 279 cm³/mol. The minimum Gasteiger partial charge on any atom is -0.462 e. The van der Waals surface area contributed by atoms with Crippen LogP contribution in [0.25, 0.3) is 0 Å². The van der Waals surface area contributed by atoms with Gasteiger partial charge in [-0.15, -0.1) is 0 Å². The van der Waals surface area contributed by atoms with E-state index in [9.17, 15) is 28.9 Å². The number of phosphoric ester groups is 1. The molecule has 0 fully saturated rings. The molecule has 11 nitrogen and oxygen atoms in total. The topological polar surface area (TPSA) is 155 Å². The summed E-state index contributed by atoms with van der Waals surface area (Å²) in [5.74, 6) is -1.48. The molecule has 3 unspecified atom stereocenters. The SMILES string of the molecule is CCCC/C=C\CCCCCCCC(=O)OCC(COP(=O)(O)OCC(CO)OC(=O)CCCCCCC/C=C\CCCC)OC(=O)CCCCCCCCCCC/C=C\C/C=C\CCCCC.